The highest BCUT2D eigenvalue weighted by atomic mass is 19.1. The summed E-state index contributed by atoms with van der Waals surface area (Å²) in [5.74, 6) is -2.18. The van der Waals surface area contributed by atoms with Crippen molar-refractivity contribution in [1.82, 2.24) is 9.88 Å². The second kappa shape index (κ2) is 5.93. The number of halogens is 1. The number of aliphatic carboxylic acids is 1. The molecule has 1 rings (SSSR count). The zero-order valence-corrected chi connectivity index (χ0v) is 9.39. The van der Waals surface area contributed by atoms with Crippen molar-refractivity contribution in [2.45, 2.75) is 13.3 Å². The lowest BCUT2D eigenvalue weighted by Crippen LogP contribution is -2.33. The molecule has 0 bridgehead atoms. The molecule has 0 fully saturated rings. The molecule has 5 nitrogen and oxygen atoms in total. The van der Waals surface area contributed by atoms with E-state index in [-0.39, 0.29) is 18.7 Å². The predicted molar refractivity (Wildman–Crippen MR) is 58.0 cm³/mol. The van der Waals surface area contributed by atoms with E-state index in [0.29, 0.717) is 6.54 Å². The maximum absolute atomic E-state index is 12.8. The molecule has 1 aromatic rings. The predicted octanol–water partition coefficient (Wildman–Crippen LogP) is 1.16. The third-order valence-corrected chi connectivity index (χ3v) is 2.20. The number of amides is 1. The normalized spacial score (nSPS) is 10.0. The summed E-state index contributed by atoms with van der Waals surface area (Å²) in [7, 11) is 0. The zero-order valence-electron chi connectivity index (χ0n) is 9.39. The third kappa shape index (κ3) is 3.82. The van der Waals surface area contributed by atoms with Gasteiger partial charge in [0.2, 0.25) is 5.95 Å². The molecule has 0 saturated heterocycles. The smallest absolute Gasteiger partial charge is 0.305 e. The maximum Gasteiger partial charge on any atom is 0.305 e. The quantitative estimate of drug-likeness (QED) is 0.784. The lowest BCUT2D eigenvalue weighted by molar-refractivity contribution is -0.137. The van der Waals surface area contributed by atoms with Gasteiger partial charge >= 0.3 is 5.97 Å². The van der Waals surface area contributed by atoms with Crippen LogP contribution in [0.2, 0.25) is 0 Å². The number of carbonyl (C=O) groups excluding carboxylic acids is 1. The number of hydrogen-bond donors (Lipinski definition) is 1. The van der Waals surface area contributed by atoms with Gasteiger partial charge in [-0.15, -0.1) is 0 Å². The van der Waals surface area contributed by atoms with E-state index in [1.54, 1.807) is 6.92 Å². The van der Waals surface area contributed by atoms with Crippen molar-refractivity contribution in [3.8, 4) is 0 Å². The highest BCUT2D eigenvalue weighted by Gasteiger charge is 2.16. The van der Waals surface area contributed by atoms with Gasteiger partial charge in [0.15, 0.2) is 0 Å². The summed E-state index contributed by atoms with van der Waals surface area (Å²) in [6.07, 6.45) is -0.144. The number of hydrogen-bond acceptors (Lipinski definition) is 3. The first-order chi connectivity index (χ1) is 8.04. The van der Waals surface area contributed by atoms with Crippen LogP contribution in [-0.4, -0.2) is 40.0 Å². The summed E-state index contributed by atoms with van der Waals surface area (Å²) in [4.78, 5) is 27.0. The van der Waals surface area contributed by atoms with E-state index in [0.717, 1.165) is 6.07 Å². The minimum Gasteiger partial charge on any atom is -0.481 e. The van der Waals surface area contributed by atoms with Gasteiger partial charge in [0.05, 0.1) is 6.42 Å². The van der Waals surface area contributed by atoms with Crippen LogP contribution in [0.1, 0.15) is 23.8 Å². The van der Waals surface area contributed by atoms with E-state index >= 15 is 0 Å². The number of carboxylic acids is 1. The SMILES string of the molecule is CCN(CCC(=O)O)C(=O)c1cccc(F)n1. The fourth-order valence-corrected chi connectivity index (χ4v) is 1.32. The Hall–Kier alpha value is -1.98. The molecule has 92 valence electrons. The standard InChI is InChI=1S/C11H13FN2O3/c1-2-14(7-6-10(15)16)11(17)8-4-3-5-9(12)13-8/h3-5H,2,6-7H2,1H3,(H,15,16). The van der Waals surface area contributed by atoms with E-state index in [1.165, 1.54) is 17.0 Å². The Labute approximate surface area is 97.9 Å². The molecule has 0 unspecified atom stereocenters. The first kappa shape index (κ1) is 13.1. The Balaban J connectivity index is 2.75. The largest absolute Gasteiger partial charge is 0.481 e. The summed E-state index contributed by atoms with van der Waals surface area (Å²) in [6, 6.07) is 3.93. The van der Waals surface area contributed by atoms with E-state index in [4.69, 9.17) is 5.11 Å². The van der Waals surface area contributed by atoms with Gasteiger partial charge < -0.3 is 10.0 Å². The number of carboxylic acid groups (broad SMARTS) is 1. The Kier molecular flexibility index (Phi) is 4.56. The molecular formula is C11H13FN2O3. The summed E-state index contributed by atoms with van der Waals surface area (Å²) in [5, 5.41) is 8.54. The first-order valence-corrected chi connectivity index (χ1v) is 5.18. The van der Waals surface area contributed by atoms with E-state index in [2.05, 4.69) is 4.98 Å². The fourth-order valence-electron chi connectivity index (χ4n) is 1.32. The van der Waals surface area contributed by atoms with Crippen LogP contribution in [0.25, 0.3) is 0 Å². The number of rotatable bonds is 5. The van der Waals surface area contributed by atoms with Gasteiger partial charge in [0.25, 0.3) is 5.91 Å². The van der Waals surface area contributed by atoms with Crippen molar-refractivity contribution in [1.29, 1.82) is 0 Å². The highest BCUT2D eigenvalue weighted by molar-refractivity contribution is 5.92. The van der Waals surface area contributed by atoms with Crippen LogP contribution in [0.4, 0.5) is 4.39 Å². The molecule has 0 aliphatic heterocycles. The van der Waals surface area contributed by atoms with Crippen molar-refractivity contribution in [2.24, 2.45) is 0 Å². The minimum absolute atomic E-state index is 0.0164. The monoisotopic (exact) mass is 240 g/mol. The molecule has 17 heavy (non-hydrogen) atoms. The lowest BCUT2D eigenvalue weighted by Gasteiger charge is -2.19. The van der Waals surface area contributed by atoms with Crippen LogP contribution < -0.4 is 0 Å². The van der Waals surface area contributed by atoms with Gasteiger partial charge in [0.1, 0.15) is 5.69 Å². The molecule has 1 aromatic heterocycles. The second-order valence-corrected chi connectivity index (χ2v) is 3.37. The fraction of sp³-hybridized carbons (Fsp3) is 0.364. The summed E-state index contributed by atoms with van der Waals surface area (Å²) >= 11 is 0. The van der Waals surface area contributed by atoms with Gasteiger partial charge in [-0.1, -0.05) is 6.07 Å². The molecule has 1 heterocycles. The third-order valence-electron chi connectivity index (χ3n) is 2.20. The number of aromatic nitrogens is 1. The van der Waals surface area contributed by atoms with Crippen molar-refractivity contribution in [3.05, 3.63) is 29.8 Å². The van der Waals surface area contributed by atoms with Crippen molar-refractivity contribution < 1.29 is 19.1 Å². The van der Waals surface area contributed by atoms with Crippen LogP contribution in [-0.2, 0) is 4.79 Å². The van der Waals surface area contributed by atoms with Crippen molar-refractivity contribution in [2.75, 3.05) is 13.1 Å². The van der Waals surface area contributed by atoms with Crippen LogP contribution in [0.15, 0.2) is 18.2 Å². The molecule has 0 aliphatic rings. The van der Waals surface area contributed by atoms with Gasteiger partial charge in [-0.25, -0.2) is 4.98 Å². The van der Waals surface area contributed by atoms with Crippen molar-refractivity contribution >= 4 is 11.9 Å². The van der Waals surface area contributed by atoms with Gasteiger partial charge in [0, 0.05) is 13.1 Å². The average molecular weight is 240 g/mol. The van der Waals surface area contributed by atoms with Crippen LogP contribution in [0.3, 0.4) is 0 Å². The van der Waals surface area contributed by atoms with Gasteiger partial charge in [-0.2, -0.15) is 4.39 Å². The van der Waals surface area contributed by atoms with E-state index < -0.39 is 17.8 Å². The van der Waals surface area contributed by atoms with Crippen LogP contribution in [0.5, 0.6) is 0 Å². The number of nitrogens with zero attached hydrogens (tertiary/aromatic N) is 2. The van der Waals surface area contributed by atoms with Gasteiger partial charge in [-0.3, -0.25) is 9.59 Å². The lowest BCUT2D eigenvalue weighted by atomic mass is 10.3. The first-order valence-electron chi connectivity index (χ1n) is 5.18. The zero-order chi connectivity index (χ0) is 12.8. The maximum atomic E-state index is 12.8. The topological polar surface area (TPSA) is 70.5 Å². The molecule has 0 radical (unpaired) electrons. The second-order valence-electron chi connectivity index (χ2n) is 3.37. The summed E-state index contributed by atoms with van der Waals surface area (Å²) in [6.45, 7) is 2.16. The van der Waals surface area contributed by atoms with Crippen LogP contribution in [0, 0.1) is 5.95 Å². The number of pyridine rings is 1. The molecule has 0 spiro atoms. The molecule has 0 saturated carbocycles. The summed E-state index contributed by atoms with van der Waals surface area (Å²) in [5.41, 5.74) is -0.0164. The highest BCUT2D eigenvalue weighted by Crippen LogP contribution is 2.04. The Morgan fingerprint density at radius 1 is 1.47 bits per heavy atom. The number of carbonyl (C=O) groups is 2. The van der Waals surface area contributed by atoms with Gasteiger partial charge in [-0.05, 0) is 19.1 Å². The molecule has 0 aromatic carbocycles. The van der Waals surface area contributed by atoms with Crippen LogP contribution >= 0.6 is 0 Å². The Morgan fingerprint density at radius 3 is 2.71 bits per heavy atom. The molecular weight excluding hydrogens is 227 g/mol. The van der Waals surface area contributed by atoms with Crippen molar-refractivity contribution in [3.63, 3.8) is 0 Å². The molecule has 6 heteroatoms. The average Bonchev–Trinajstić information content (AvgIpc) is 2.29. The summed E-state index contributed by atoms with van der Waals surface area (Å²) < 4.78 is 12.8. The molecule has 0 atom stereocenters. The molecule has 1 N–H and O–H groups in total. The minimum atomic E-state index is -0.983. The Morgan fingerprint density at radius 2 is 2.18 bits per heavy atom. The molecule has 1 amide bonds. The van der Waals surface area contributed by atoms with E-state index in [9.17, 15) is 14.0 Å². The molecule has 0 aliphatic carbocycles. The Bertz CT molecular complexity index is 423. The van der Waals surface area contributed by atoms with E-state index in [1.807, 2.05) is 0 Å².